The minimum absolute atomic E-state index is 0.171. The second kappa shape index (κ2) is 8.33. The van der Waals surface area contributed by atoms with Crippen molar-refractivity contribution in [2.45, 2.75) is 51.2 Å². The Morgan fingerprint density at radius 2 is 1.76 bits per heavy atom. The van der Waals surface area contributed by atoms with Gasteiger partial charge in [0.25, 0.3) is 5.91 Å². The fourth-order valence-electron chi connectivity index (χ4n) is 3.76. The van der Waals surface area contributed by atoms with E-state index in [1.54, 1.807) is 36.4 Å². The molecule has 5 nitrogen and oxygen atoms in total. The minimum Gasteiger partial charge on any atom is -0.494 e. The highest BCUT2D eigenvalue weighted by Gasteiger charge is 2.46. The van der Waals surface area contributed by atoms with E-state index in [0.29, 0.717) is 24.9 Å². The maximum Gasteiger partial charge on any atom is 0.251 e. The Balaban J connectivity index is 1.50. The summed E-state index contributed by atoms with van der Waals surface area (Å²) in [6, 6.07) is 13.2. The quantitative estimate of drug-likeness (QED) is 0.635. The van der Waals surface area contributed by atoms with Gasteiger partial charge in [0.05, 0.1) is 24.8 Å². The van der Waals surface area contributed by atoms with Crippen LogP contribution in [0.25, 0.3) is 0 Å². The SMILES string of the molecule is CCCOc1ccc(N2C(=O)C[C@H](N(Cc3ccc(F)cc3)C3CC3)C2=O)cc1. The van der Waals surface area contributed by atoms with Gasteiger partial charge in [0, 0.05) is 12.6 Å². The molecule has 1 atom stereocenters. The highest BCUT2D eigenvalue weighted by atomic mass is 19.1. The zero-order valence-corrected chi connectivity index (χ0v) is 16.5. The van der Waals surface area contributed by atoms with Crippen LogP contribution in [0.4, 0.5) is 10.1 Å². The molecule has 2 aromatic carbocycles. The molecule has 0 unspecified atom stereocenters. The molecule has 1 aliphatic heterocycles. The molecule has 0 aromatic heterocycles. The number of halogens is 1. The summed E-state index contributed by atoms with van der Waals surface area (Å²) in [5, 5.41) is 0. The van der Waals surface area contributed by atoms with Crippen LogP contribution in [0, 0.1) is 5.82 Å². The van der Waals surface area contributed by atoms with Crippen LogP contribution in [0.3, 0.4) is 0 Å². The van der Waals surface area contributed by atoms with Crippen LogP contribution < -0.4 is 9.64 Å². The summed E-state index contributed by atoms with van der Waals surface area (Å²) in [4.78, 5) is 29.2. The number of hydrogen-bond acceptors (Lipinski definition) is 4. The lowest BCUT2D eigenvalue weighted by Gasteiger charge is -2.27. The number of amides is 2. The van der Waals surface area contributed by atoms with Crippen molar-refractivity contribution >= 4 is 17.5 Å². The van der Waals surface area contributed by atoms with Gasteiger partial charge >= 0.3 is 0 Å². The predicted molar refractivity (Wildman–Crippen MR) is 108 cm³/mol. The van der Waals surface area contributed by atoms with Crippen LogP contribution in [0.5, 0.6) is 5.75 Å². The number of benzene rings is 2. The summed E-state index contributed by atoms with van der Waals surface area (Å²) >= 11 is 0. The number of hydrogen-bond donors (Lipinski definition) is 0. The minimum atomic E-state index is -0.476. The number of carbonyl (C=O) groups is 2. The van der Waals surface area contributed by atoms with Crippen LogP contribution in [0.15, 0.2) is 48.5 Å². The highest BCUT2D eigenvalue weighted by molar-refractivity contribution is 6.22. The number of nitrogens with zero attached hydrogens (tertiary/aromatic N) is 2. The first-order valence-corrected chi connectivity index (χ1v) is 10.2. The molecule has 1 saturated heterocycles. The smallest absolute Gasteiger partial charge is 0.251 e. The first-order valence-electron chi connectivity index (χ1n) is 10.2. The van der Waals surface area contributed by atoms with Crippen LogP contribution >= 0.6 is 0 Å². The van der Waals surface area contributed by atoms with E-state index in [2.05, 4.69) is 4.90 Å². The number of carbonyl (C=O) groups excluding carboxylic acids is 2. The van der Waals surface area contributed by atoms with Crippen molar-refractivity contribution in [2.24, 2.45) is 0 Å². The zero-order valence-electron chi connectivity index (χ0n) is 16.5. The van der Waals surface area contributed by atoms with Crippen LogP contribution in [-0.4, -0.2) is 35.4 Å². The summed E-state index contributed by atoms with van der Waals surface area (Å²) in [5.41, 5.74) is 1.51. The Morgan fingerprint density at radius 1 is 1.07 bits per heavy atom. The molecule has 29 heavy (non-hydrogen) atoms. The number of rotatable bonds is 8. The van der Waals surface area contributed by atoms with Gasteiger partial charge < -0.3 is 4.74 Å². The van der Waals surface area contributed by atoms with Crippen molar-refractivity contribution in [3.8, 4) is 5.75 Å². The average Bonchev–Trinajstić information content (AvgIpc) is 3.52. The normalized spacial score (nSPS) is 19.3. The van der Waals surface area contributed by atoms with E-state index < -0.39 is 6.04 Å². The average molecular weight is 396 g/mol. The van der Waals surface area contributed by atoms with E-state index in [0.717, 1.165) is 30.6 Å². The summed E-state index contributed by atoms with van der Waals surface area (Å²) < 4.78 is 18.8. The van der Waals surface area contributed by atoms with E-state index in [4.69, 9.17) is 4.74 Å². The van der Waals surface area contributed by atoms with Gasteiger partial charge in [-0.1, -0.05) is 19.1 Å². The van der Waals surface area contributed by atoms with E-state index in [9.17, 15) is 14.0 Å². The predicted octanol–water partition coefficient (Wildman–Crippen LogP) is 3.91. The van der Waals surface area contributed by atoms with Gasteiger partial charge in [-0.3, -0.25) is 14.5 Å². The lowest BCUT2D eigenvalue weighted by Crippen LogP contribution is -2.43. The molecule has 2 aromatic rings. The largest absolute Gasteiger partial charge is 0.494 e. The van der Waals surface area contributed by atoms with E-state index in [1.165, 1.54) is 17.0 Å². The summed E-state index contributed by atoms with van der Waals surface area (Å²) in [5.74, 6) is 0.0664. The van der Waals surface area contributed by atoms with Crippen molar-refractivity contribution in [3.05, 3.63) is 59.9 Å². The Bertz CT molecular complexity index is 878. The molecule has 1 saturated carbocycles. The zero-order chi connectivity index (χ0) is 20.4. The van der Waals surface area contributed by atoms with Crippen molar-refractivity contribution in [2.75, 3.05) is 11.5 Å². The lowest BCUT2D eigenvalue weighted by atomic mass is 10.1. The molecular weight excluding hydrogens is 371 g/mol. The van der Waals surface area contributed by atoms with Gasteiger partial charge in [0.15, 0.2) is 0 Å². The molecule has 0 radical (unpaired) electrons. The van der Waals surface area contributed by atoms with Gasteiger partial charge in [0.2, 0.25) is 5.91 Å². The Labute approximate surface area is 170 Å². The molecule has 152 valence electrons. The van der Waals surface area contributed by atoms with E-state index in [1.807, 2.05) is 6.92 Å². The van der Waals surface area contributed by atoms with E-state index >= 15 is 0 Å². The third-order valence-corrected chi connectivity index (χ3v) is 5.39. The first-order chi connectivity index (χ1) is 14.1. The van der Waals surface area contributed by atoms with Crippen molar-refractivity contribution in [1.82, 2.24) is 4.90 Å². The Kier molecular flexibility index (Phi) is 5.62. The summed E-state index contributed by atoms with van der Waals surface area (Å²) in [7, 11) is 0. The highest BCUT2D eigenvalue weighted by Crippen LogP contribution is 2.35. The second-order valence-corrected chi connectivity index (χ2v) is 7.66. The van der Waals surface area contributed by atoms with Gasteiger partial charge in [-0.25, -0.2) is 9.29 Å². The number of anilines is 1. The number of ether oxygens (including phenoxy) is 1. The van der Waals surface area contributed by atoms with Gasteiger partial charge in [-0.15, -0.1) is 0 Å². The molecule has 0 N–H and O–H groups in total. The second-order valence-electron chi connectivity index (χ2n) is 7.66. The number of imide groups is 1. The summed E-state index contributed by atoms with van der Waals surface area (Å²) in [6.07, 6.45) is 3.12. The first kappa shape index (κ1) is 19.6. The van der Waals surface area contributed by atoms with Crippen molar-refractivity contribution in [1.29, 1.82) is 0 Å². The maximum atomic E-state index is 13.2. The third-order valence-electron chi connectivity index (χ3n) is 5.39. The van der Waals surface area contributed by atoms with Crippen molar-refractivity contribution < 1.29 is 18.7 Å². The molecule has 2 fully saturated rings. The summed E-state index contributed by atoms with van der Waals surface area (Å²) in [6.45, 7) is 3.20. The lowest BCUT2D eigenvalue weighted by molar-refractivity contribution is -0.123. The fraction of sp³-hybridized carbons (Fsp3) is 0.391. The molecule has 2 aliphatic rings. The van der Waals surface area contributed by atoms with Crippen LogP contribution in [0.2, 0.25) is 0 Å². The molecule has 6 heteroatoms. The van der Waals surface area contributed by atoms with Crippen LogP contribution in [-0.2, 0) is 16.1 Å². The van der Waals surface area contributed by atoms with Crippen molar-refractivity contribution in [3.63, 3.8) is 0 Å². The molecule has 2 amide bonds. The monoisotopic (exact) mass is 396 g/mol. The molecule has 1 heterocycles. The Morgan fingerprint density at radius 3 is 2.38 bits per heavy atom. The molecular formula is C23H25FN2O3. The molecule has 1 aliphatic carbocycles. The maximum absolute atomic E-state index is 13.2. The van der Waals surface area contributed by atoms with Gasteiger partial charge in [-0.05, 0) is 61.2 Å². The standard InChI is InChI=1S/C23H25FN2O3/c1-2-13-29-20-11-9-19(10-12-20)26-22(27)14-21(23(26)28)25(18-7-8-18)15-16-3-5-17(24)6-4-16/h3-6,9-12,18,21H,2,7-8,13-15H2,1H3/t21-/m0/s1. The van der Waals surface area contributed by atoms with E-state index in [-0.39, 0.29) is 24.1 Å². The molecule has 0 bridgehead atoms. The Hall–Kier alpha value is -2.73. The van der Waals surface area contributed by atoms with Crippen LogP contribution in [0.1, 0.15) is 38.2 Å². The van der Waals surface area contributed by atoms with Gasteiger partial charge in [0.1, 0.15) is 11.6 Å². The topological polar surface area (TPSA) is 49.9 Å². The third kappa shape index (κ3) is 4.32. The van der Waals surface area contributed by atoms with Gasteiger partial charge in [-0.2, -0.15) is 0 Å². The molecule has 4 rings (SSSR count). The molecule has 0 spiro atoms. The fourth-order valence-corrected chi connectivity index (χ4v) is 3.76.